The Labute approximate surface area is 122 Å². The standard InChI is InChI=1S/C13H17NO4S2/c1-9-4-5-11(7-12(9)13(15)16)20(17,18)14-10-3-2-6-19-8-10/h4-5,7,10,14H,2-3,6,8H2,1H3,(H,15,16). The second kappa shape index (κ2) is 6.15. The summed E-state index contributed by atoms with van der Waals surface area (Å²) in [6, 6.07) is 4.11. The lowest BCUT2D eigenvalue weighted by molar-refractivity contribution is 0.0696. The van der Waals surface area contributed by atoms with E-state index >= 15 is 0 Å². The molecule has 1 fully saturated rings. The van der Waals surface area contributed by atoms with Crippen LogP contribution in [0.3, 0.4) is 0 Å². The summed E-state index contributed by atoms with van der Waals surface area (Å²) in [5, 5.41) is 9.06. The molecule has 1 unspecified atom stereocenters. The van der Waals surface area contributed by atoms with Crippen LogP contribution >= 0.6 is 11.8 Å². The smallest absolute Gasteiger partial charge is 0.335 e. The van der Waals surface area contributed by atoms with E-state index in [4.69, 9.17) is 5.11 Å². The van der Waals surface area contributed by atoms with Crippen molar-refractivity contribution in [2.75, 3.05) is 11.5 Å². The van der Waals surface area contributed by atoms with Crippen LogP contribution in [0, 0.1) is 6.92 Å². The predicted octanol–water partition coefficient (Wildman–Crippen LogP) is 1.87. The van der Waals surface area contributed by atoms with Gasteiger partial charge in [0.1, 0.15) is 0 Å². The number of carboxylic acid groups (broad SMARTS) is 1. The van der Waals surface area contributed by atoms with Crippen molar-refractivity contribution in [3.05, 3.63) is 29.3 Å². The van der Waals surface area contributed by atoms with Gasteiger partial charge in [-0.15, -0.1) is 0 Å². The Bertz CT molecular complexity index is 607. The van der Waals surface area contributed by atoms with Gasteiger partial charge in [-0.25, -0.2) is 17.9 Å². The third-order valence-electron chi connectivity index (χ3n) is 3.23. The molecule has 2 rings (SSSR count). The van der Waals surface area contributed by atoms with Gasteiger partial charge in [-0.2, -0.15) is 11.8 Å². The molecule has 1 heterocycles. The second-order valence-corrected chi connectivity index (χ2v) is 7.68. The summed E-state index contributed by atoms with van der Waals surface area (Å²) in [7, 11) is -3.66. The molecule has 0 radical (unpaired) electrons. The number of thioether (sulfide) groups is 1. The van der Waals surface area contributed by atoms with E-state index in [1.807, 2.05) is 0 Å². The summed E-state index contributed by atoms with van der Waals surface area (Å²) < 4.78 is 27.2. The molecule has 0 saturated carbocycles. The van der Waals surface area contributed by atoms with Crippen molar-refractivity contribution in [2.24, 2.45) is 0 Å². The molecule has 2 N–H and O–H groups in total. The first kappa shape index (κ1) is 15.3. The first-order chi connectivity index (χ1) is 9.40. The highest BCUT2D eigenvalue weighted by molar-refractivity contribution is 7.99. The number of benzene rings is 1. The largest absolute Gasteiger partial charge is 0.478 e. The lowest BCUT2D eigenvalue weighted by Crippen LogP contribution is -2.38. The summed E-state index contributed by atoms with van der Waals surface area (Å²) >= 11 is 1.73. The molecule has 0 amide bonds. The van der Waals surface area contributed by atoms with Gasteiger partial charge in [-0.3, -0.25) is 0 Å². The van der Waals surface area contributed by atoms with Crippen molar-refractivity contribution in [1.82, 2.24) is 4.72 Å². The molecular formula is C13H17NO4S2. The maximum Gasteiger partial charge on any atom is 0.335 e. The molecule has 5 nitrogen and oxygen atoms in total. The molecule has 1 aromatic rings. The van der Waals surface area contributed by atoms with Crippen molar-refractivity contribution in [2.45, 2.75) is 30.7 Å². The van der Waals surface area contributed by atoms with E-state index < -0.39 is 16.0 Å². The molecule has 1 aliphatic heterocycles. The summed E-state index contributed by atoms with van der Waals surface area (Å²) in [6.07, 6.45) is 1.82. The van der Waals surface area contributed by atoms with Crippen LogP contribution in [0.1, 0.15) is 28.8 Å². The van der Waals surface area contributed by atoms with Crippen LogP contribution in [0.4, 0.5) is 0 Å². The highest BCUT2D eigenvalue weighted by Gasteiger charge is 2.23. The Kier molecular flexibility index (Phi) is 4.72. The van der Waals surface area contributed by atoms with E-state index in [0.29, 0.717) is 5.56 Å². The fraction of sp³-hybridized carbons (Fsp3) is 0.462. The number of hydrogen-bond donors (Lipinski definition) is 2. The van der Waals surface area contributed by atoms with Crippen LogP contribution in [0.25, 0.3) is 0 Å². The Balaban J connectivity index is 2.24. The lowest BCUT2D eigenvalue weighted by Gasteiger charge is -2.22. The van der Waals surface area contributed by atoms with Gasteiger partial charge in [0.05, 0.1) is 10.5 Å². The van der Waals surface area contributed by atoms with Gasteiger partial charge in [-0.05, 0) is 43.2 Å². The number of carboxylic acids is 1. The summed E-state index contributed by atoms with van der Waals surface area (Å²) in [6.45, 7) is 1.64. The van der Waals surface area contributed by atoms with Crippen LogP contribution < -0.4 is 4.72 Å². The predicted molar refractivity (Wildman–Crippen MR) is 78.8 cm³/mol. The Morgan fingerprint density at radius 2 is 2.20 bits per heavy atom. The third-order valence-corrected chi connectivity index (χ3v) is 5.97. The maximum absolute atomic E-state index is 12.3. The Morgan fingerprint density at radius 1 is 1.45 bits per heavy atom. The zero-order valence-electron chi connectivity index (χ0n) is 11.1. The van der Waals surface area contributed by atoms with E-state index in [1.54, 1.807) is 18.7 Å². The second-order valence-electron chi connectivity index (χ2n) is 4.82. The topological polar surface area (TPSA) is 83.5 Å². The van der Waals surface area contributed by atoms with E-state index in [9.17, 15) is 13.2 Å². The number of rotatable bonds is 4. The fourth-order valence-corrected chi connectivity index (χ4v) is 4.59. The highest BCUT2D eigenvalue weighted by Crippen LogP contribution is 2.20. The Morgan fingerprint density at radius 3 is 2.80 bits per heavy atom. The first-order valence-corrected chi connectivity index (χ1v) is 8.98. The van der Waals surface area contributed by atoms with Crippen LogP contribution in [-0.4, -0.2) is 37.0 Å². The number of hydrogen-bond acceptors (Lipinski definition) is 4. The monoisotopic (exact) mass is 315 g/mol. The molecule has 7 heteroatoms. The number of carbonyl (C=O) groups is 1. The molecule has 1 atom stereocenters. The van der Waals surface area contributed by atoms with Crippen molar-refractivity contribution in [3.8, 4) is 0 Å². The Hall–Kier alpha value is -1.05. The van der Waals surface area contributed by atoms with Gasteiger partial charge >= 0.3 is 5.97 Å². The van der Waals surface area contributed by atoms with Gasteiger partial charge < -0.3 is 5.11 Å². The summed E-state index contributed by atoms with van der Waals surface area (Å²) in [5.74, 6) is 0.704. The molecule has 0 bridgehead atoms. The molecule has 20 heavy (non-hydrogen) atoms. The van der Waals surface area contributed by atoms with Gasteiger partial charge in [0.2, 0.25) is 10.0 Å². The molecule has 1 aliphatic rings. The van der Waals surface area contributed by atoms with E-state index in [2.05, 4.69) is 4.72 Å². The SMILES string of the molecule is Cc1ccc(S(=O)(=O)NC2CCCSC2)cc1C(=O)O. The average molecular weight is 315 g/mol. The quantitative estimate of drug-likeness (QED) is 0.886. The van der Waals surface area contributed by atoms with Crippen LogP contribution in [0.5, 0.6) is 0 Å². The lowest BCUT2D eigenvalue weighted by atomic mass is 10.1. The zero-order valence-corrected chi connectivity index (χ0v) is 12.8. The third kappa shape index (κ3) is 3.53. The molecule has 110 valence electrons. The zero-order chi connectivity index (χ0) is 14.8. The molecule has 1 aromatic carbocycles. The normalized spacial score (nSPS) is 19.8. The van der Waals surface area contributed by atoms with Crippen molar-refractivity contribution >= 4 is 27.8 Å². The summed E-state index contributed by atoms with van der Waals surface area (Å²) in [5.41, 5.74) is 0.565. The number of aryl methyl sites for hydroxylation is 1. The van der Waals surface area contributed by atoms with E-state index in [0.717, 1.165) is 24.3 Å². The summed E-state index contributed by atoms with van der Waals surface area (Å²) in [4.78, 5) is 11.1. The number of sulfonamides is 1. The molecule has 1 saturated heterocycles. The number of aromatic carboxylic acids is 1. The van der Waals surface area contributed by atoms with Crippen LogP contribution in [-0.2, 0) is 10.0 Å². The minimum atomic E-state index is -3.66. The van der Waals surface area contributed by atoms with Crippen molar-refractivity contribution in [3.63, 3.8) is 0 Å². The van der Waals surface area contributed by atoms with Gasteiger partial charge in [0.25, 0.3) is 0 Å². The van der Waals surface area contributed by atoms with E-state index in [-0.39, 0.29) is 16.5 Å². The highest BCUT2D eigenvalue weighted by atomic mass is 32.2. The minimum Gasteiger partial charge on any atom is -0.478 e. The first-order valence-electron chi connectivity index (χ1n) is 6.34. The molecule has 0 aromatic heterocycles. The van der Waals surface area contributed by atoms with Crippen molar-refractivity contribution < 1.29 is 18.3 Å². The molecule has 0 spiro atoms. The van der Waals surface area contributed by atoms with Crippen molar-refractivity contribution in [1.29, 1.82) is 0 Å². The van der Waals surface area contributed by atoms with Crippen LogP contribution in [0.2, 0.25) is 0 Å². The number of nitrogens with one attached hydrogen (secondary N) is 1. The minimum absolute atomic E-state index is 0.0103. The van der Waals surface area contributed by atoms with Gasteiger partial charge in [0, 0.05) is 11.8 Å². The van der Waals surface area contributed by atoms with Gasteiger partial charge in [-0.1, -0.05) is 6.07 Å². The fourth-order valence-electron chi connectivity index (χ4n) is 2.12. The maximum atomic E-state index is 12.3. The average Bonchev–Trinajstić information content (AvgIpc) is 2.39. The van der Waals surface area contributed by atoms with Gasteiger partial charge in [0.15, 0.2) is 0 Å². The molecule has 0 aliphatic carbocycles. The van der Waals surface area contributed by atoms with E-state index in [1.165, 1.54) is 18.2 Å². The van der Waals surface area contributed by atoms with Crippen LogP contribution in [0.15, 0.2) is 23.1 Å². The molecular weight excluding hydrogens is 298 g/mol.